The molecule has 0 aliphatic heterocycles. The lowest BCUT2D eigenvalue weighted by molar-refractivity contribution is -0.124. The Morgan fingerprint density at radius 1 is 1.47 bits per heavy atom. The van der Waals surface area contributed by atoms with Crippen molar-refractivity contribution in [3.63, 3.8) is 0 Å². The fourth-order valence-electron chi connectivity index (χ4n) is 1.42. The molecule has 0 aliphatic carbocycles. The second-order valence-corrected chi connectivity index (χ2v) is 5.33. The van der Waals surface area contributed by atoms with Gasteiger partial charge in [0.2, 0.25) is 0 Å². The van der Waals surface area contributed by atoms with Crippen molar-refractivity contribution in [1.82, 2.24) is 5.32 Å². The van der Waals surface area contributed by atoms with Crippen LogP contribution in [0.4, 0.5) is 0 Å². The number of amides is 1. The van der Waals surface area contributed by atoms with Gasteiger partial charge in [0.15, 0.2) is 18.1 Å². The van der Waals surface area contributed by atoms with Gasteiger partial charge in [-0.15, -0.1) is 0 Å². The summed E-state index contributed by atoms with van der Waals surface area (Å²) in [5, 5.41) is 21.9. The molecule has 0 saturated heterocycles. The first-order valence-electron chi connectivity index (χ1n) is 5.83. The van der Waals surface area contributed by atoms with Crippen molar-refractivity contribution in [3.05, 3.63) is 24.3 Å². The minimum atomic E-state index is -0.941. The van der Waals surface area contributed by atoms with E-state index in [9.17, 15) is 15.0 Å². The van der Waals surface area contributed by atoms with Crippen LogP contribution in [0.25, 0.3) is 0 Å². The number of aliphatic hydroxyl groups is 1. The summed E-state index contributed by atoms with van der Waals surface area (Å²) in [6.07, 6.45) is 1.89. The fourth-order valence-corrected chi connectivity index (χ4v) is 2.15. The highest BCUT2D eigenvalue weighted by molar-refractivity contribution is 7.98. The number of hydrogen-bond donors (Lipinski definition) is 3. The predicted octanol–water partition coefficient (Wildman–Crippen LogP) is 1.00. The van der Waals surface area contributed by atoms with Crippen LogP contribution in [0.3, 0.4) is 0 Å². The van der Waals surface area contributed by atoms with Crippen LogP contribution < -0.4 is 10.1 Å². The maximum atomic E-state index is 11.5. The highest BCUT2D eigenvalue weighted by Crippen LogP contribution is 2.23. The topological polar surface area (TPSA) is 78.8 Å². The van der Waals surface area contributed by atoms with Gasteiger partial charge in [-0.1, -0.05) is 12.1 Å². The summed E-state index contributed by atoms with van der Waals surface area (Å²) >= 11 is 1.51. The molecule has 5 nitrogen and oxygen atoms in total. The predicted molar refractivity (Wildman–Crippen MR) is 75.6 cm³/mol. The van der Waals surface area contributed by atoms with E-state index in [1.165, 1.54) is 17.8 Å². The summed E-state index contributed by atoms with van der Waals surface area (Å²) in [5.74, 6) is 0.441. The Morgan fingerprint density at radius 3 is 2.79 bits per heavy atom. The van der Waals surface area contributed by atoms with Crippen LogP contribution >= 0.6 is 11.8 Å². The van der Waals surface area contributed by atoms with Gasteiger partial charge >= 0.3 is 0 Å². The van der Waals surface area contributed by atoms with Gasteiger partial charge in [-0.05, 0) is 25.3 Å². The second kappa shape index (κ2) is 7.25. The Kier molecular flexibility index (Phi) is 5.98. The molecule has 106 valence electrons. The zero-order chi connectivity index (χ0) is 14.3. The quantitative estimate of drug-likeness (QED) is 0.696. The molecular weight excluding hydrogens is 266 g/mol. The lowest BCUT2D eigenvalue weighted by Crippen LogP contribution is -2.43. The van der Waals surface area contributed by atoms with Gasteiger partial charge < -0.3 is 20.3 Å². The van der Waals surface area contributed by atoms with Gasteiger partial charge in [-0.2, -0.15) is 11.8 Å². The first-order valence-corrected chi connectivity index (χ1v) is 7.23. The maximum absolute atomic E-state index is 11.5. The highest BCUT2D eigenvalue weighted by atomic mass is 32.2. The lowest BCUT2D eigenvalue weighted by atomic mass is 10.1. The van der Waals surface area contributed by atoms with Gasteiger partial charge in [0.1, 0.15) is 0 Å². The molecule has 0 heterocycles. The average molecular weight is 285 g/mol. The Balaban J connectivity index is 2.35. The molecule has 0 spiro atoms. The summed E-state index contributed by atoms with van der Waals surface area (Å²) < 4.78 is 5.17. The third kappa shape index (κ3) is 5.85. The van der Waals surface area contributed by atoms with Gasteiger partial charge in [-0.25, -0.2) is 0 Å². The van der Waals surface area contributed by atoms with Gasteiger partial charge in [-0.3, -0.25) is 4.79 Å². The van der Waals surface area contributed by atoms with Crippen LogP contribution in [0.1, 0.15) is 6.92 Å². The molecule has 1 unspecified atom stereocenters. The standard InChI is InChI=1S/C13H19NO4S/c1-13(17,9-19-2)8-14-12(16)7-18-11-6-4-3-5-10(11)15/h3-6,15,17H,7-9H2,1-2H3,(H,14,16). The average Bonchev–Trinajstić information content (AvgIpc) is 2.35. The normalized spacial score (nSPS) is 13.6. The SMILES string of the molecule is CSCC(C)(O)CNC(=O)COc1ccccc1O. The number of carbonyl (C=O) groups excluding carboxylic acids is 1. The van der Waals surface area contributed by atoms with Crippen molar-refractivity contribution in [1.29, 1.82) is 0 Å². The van der Waals surface area contributed by atoms with Crippen molar-refractivity contribution >= 4 is 17.7 Å². The molecule has 0 bridgehead atoms. The molecular formula is C13H19NO4S. The fraction of sp³-hybridized carbons (Fsp3) is 0.462. The van der Waals surface area contributed by atoms with E-state index in [4.69, 9.17) is 4.74 Å². The van der Waals surface area contributed by atoms with Crippen molar-refractivity contribution in [2.75, 3.05) is 25.2 Å². The van der Waals surface area contributed by atoms with Crippen molar-refractivity contribution in [2.24, 2.45) is 0 Å². The first-order chi connectivity index (χ1) is 8.94. The van der Waals surface area contributed by atoms with Gasteiger partial charge in [0.05, 0.1) is 5.60 Å². The smallest absolute Gasteiger partial charge is 0.258 e. The number of benzene rings is 1. The van der Waals surface area contributed by atoms with Gasteiger partial charge in [0.25, 0.3) is 5.91 Å². The number of ether oxygens (including phenoxy) is 1. The zero-order valence-electron chi connectivity index (χ0n) is 11.0. The molecule has 0 aromatic heterocycles. The van der Waals surface area contributed by atoms with Crippen LogP contribution in [0.15, 0.2) is 24.3 Å². The summed E-state index contributed by atoms with van der Waals surface area (Å²) in [6.45, 7) is 1.62. The molecule has 0 fully saturated rings. The number of aromatic hydroxyl groups is 1. The molecule has 1 amide bonds. The minimum absolute atomic E-state index is 0.00956. The number of nitrogens with one attached hydrogen (secondary N) is 1. The molecule has 0 aliphatic rings. The molecule has 0 radical (unpaired) electrons. The van der Waals surface area contributed by atoms with E-state index in [-0.39, 0.29) is 30.6 Å². The first kappa shape index (κ1) is 15.7. The molecule has 1 rings (SSSR count). The van der Waals surface area contributed by atoms with Gasteiger partial charge in [0, 0.05) is 12.3 Å². The van der Waals surface area contributed by atoms with Crippen LogP contribution in [-0.4, -0.2) is 46.9 Å². The van der Waals surface area contributed by atoms with Crippen LogP contribution in [0.2, 0.25) is 0 Å². The third-order valence-electron chi connectivity index (χ3n) is 2.35. The Morgan fingerprint density at radius 2 is 2.16 bits per heavy atom. The number of carbonyl (C=O) groups is 1. The van der Waals surface area contributed by atoms with Crippen molar-refractivity contribution < 1.29 is 19.7 Å². The molecule has 19 heavy (non-hydrogen) atoms. The summed E-state index contributed by atoms with van der Waals surface area (Å²) in [4.78, 5) is 11.5. The highest BCUT2D eigenvalue weighted by Gasteiger charge is 2.20. The summed E-state index contributed by atoms with van der Waals surface area (Å²) in [5.41, 5.74) is -0.941. The molecule has 3 N–H and O–H groups in total. The second-order valence-electron chi connectivity index (χ2n) is 4.46. The summed E-state index contributed by atoms with van der Waals surface area (Å²) in [6, 6.07) is 6.43. The number of para-hydroxylation sites is 2. The summed E-state index contributed by atoms with van der Waals surface area (Å²) in [7, 11) is 0. The number of phenols is 1. The van der Waals surface area contributed by atoms with Crippen molar-refractivity contribution in [2.45, 2.75) is 12.5 Å². The number of phenolic OH excluding ortho intramolecular Hbond substituents is 1. The zero-order valence-corrected chi connectivity index (χ0v) is 11.9. The van der Waals surface area contributed by atoms with E-state index in [2.05, 4.69) is 5.32 Å². The van der Waals surface area contributed by atoms with E-state index in [0.717, 1.165) is 0 Å². The van der Waals surface area contributed by atoms with E-state index < -0.39 is 5.60 Å². The third-order valence-corrected chi connectivity index (χ3v) is 3.26. The molecule has 0 saturated carbocycles. The number of rotatable bonds is 7. The minimum Gasteiger partial charge on any atom is -0.504 e. The monoisotopic (exact) mass is 285 g/mol. The van der Waals surface area contributed by atoms with Crippen LogP contribution in [-0.2, 0) is 4.79 Å². The van der Waals surface area contributed by atoms with E-state index in [1.807, 2.05) is 6.26 Å². The number of hydrogen-bond acceptors (Lipinski definition) is 5. The number of thioether (sulfide) groups is 1. The van der Waals surface area contributed by atoms with E-state index in [1.54, 1.807) is 25.1 Å². The Bertz CT molecular complexity index is 423. The maximum Gasteiger partial charge on any atom is 0.258 e. The molecule has 1 atom stereocenters. The molecule has 6 heteroatoms. The largest absolute Gasteiger partial charge is 0.504 e. The molecule has 1 aromatic rings. The van der Waals surface area contributed by atoms with Crippen molar-refractivity contribution in [3.8, 4) is 11.5 Å². The van der Waals surface area contributed by atoms with E-state index in [0.29, 0.717) is 5.75 Å². The Hall–Kier alpha value is -1.40. The molecule has 1 aromatic carbocycles. The Labute approximate surface area is 117 Å². The van der Waals surface area contributed by atoms with Crippen LogP contribution in [0, 0.1) is 0 Å². The van der Waals surface area contributed by atoms with E-state index >= 15 is 0 Å². The lowest BCUT2D eigenvalue weighted by Gasteiger charge is -2.22. The van der Waals surface area contributed by atoms with Crippen LogP contribution in [0.5, 0.6) is 11.5 Å².